The molecule has 0 saturated heterocycles. The third kappa shape index (κ3) is 3.63. The summed E-state index contributed by atoms with van der Waals surface area (Å²) in [6, 6.07) is 4.19. The highest BCUT2D eigenvalue weighted by Gasteiger charge is 2.08. The van der Waals surface area contributed by atoms with Crippen molar-refractivity contribution >= 4 is 17.4 Å². The van der Waals surface area contributed by atoms with Crippen LogP contribution in [-0.2, 0) is 0 Å². The summed E-state index contributed by atoms with van der Waals surface area (Å²) in [4.78, 5) is 11.6. The first kappa shape index (κ1) is 12.2. The monoisotopic (exact) mass is 228 g/mol. The predicted molar refractivity (Wildman–Crippen MR) is 59.9 cm³/mol. The van der Waals surface area contributed by atoms with Gasteiger partial charge < -0.3 is 0 Å². The van der Waals surface area contributed by atoms with Gasteiger partial charge in [0.2, 0.25) is 0 Å². The highest BCUT2D eigenvalue weighted by molar-refractivity contribution is 6.30. The standard InChI is InChI=1S/C12H14ClFO/c1-2-3-4-5-12(15)9-6-7-10(13)11(14)8-9/h6-8H,2-5H2,1H3. The SMILES string of the molecule is CCCCCC(=O)c1ccc(Cl)c(F)c1. The number of hydrogen-bond acceptors (Lipinski definition) is 1. The molecule has 0 N–H and O–H groups in total. The van der Waals surface area contributed by atoms with Crippen LogP contribution in [0, 0.1) is 5.82 Å². The van der Waals surface area contributed by atoms with Crippen molar-refractivity contribution in [2.24, 2.45) is 0 Å². The number of rotatable bonds is 5. The third-order valence-electron chi connectivity index (χ3n) is 2.25. The Hall–Kier alpha value is -0.890. The van der Waals surface area contributed by atoms with E-state index >= 15 is 0 Å². The number of unbranched alkanes of at least 4 members (excludes halogenated alkanes) is 2. The molecule has 1 aromatic carbocycles. The van der Waals surface area contributed by atoms with Crippen molar-refractivity contribution in [3.05, 3.63) is 34.6 Å². The lowest BCUT2D eigenvalue weighted by Gasteiger charge is -2.01. The van der Waals surface area contributed by atoms with Crippen molar-refractivity contribution in [3.63, 3.8) is 0 Å². The Labute approximate surface area is 94.3 Å². The number of benzene rings is 1. The largest absolute Gasteiger partial charge is 0.294 e. The number of hydrogen-bond donors (Lipinski definition) is 0. The number of halogens is 2. The first-order chi connectivity index (χ1) is 7.15. The van der Waals surface area contributed by atoms with Gasteiger partial charge in [-0.1, -0.05) is 31.4 Å². The minimum absolute atomic E-state index is 0.0148. The van der Waals surface area contributed by atoms with Gasteiger partial charge in [0, 0.05) is 12.0 Å². The van der Waals surface area contributed by atoms with Gasteiger partial charge in [-0.2, -0.15) is 0 Å². The van der Waals surface area contributed by atoms with E-state index in [1.54, 1.807) is 6.07 Å². The molecule has 0 aliphatic carbocycles. The Morgan fingerprint density at radius 3 is 2.73 bits per heavy atom. The fraction of sp³-hybridized carbons (Fsp3) is 0.417. The average molecular weight is 229 g/mol. The lowest BCUT2D eigenvalue weighted by molar-refractivity contribution is 0.0979. The van der Waals surface area contributed by atoms with E-state index in [0.717, 1.165) is 19.3 Å². The summed E-state index contributed by atoms with van der Waals surface area (Å²) in [5, 5.41) is 0.0557. The van der Waals surface area contributed by atoms with Gasteiger partial charge in [-0.25, -0.2) is 4.39 Å². The zero-order valence-electron chi connectivity index (χ0n) is 8.72. The van der Waals surface area contributed by atoms with Gasteiger partial charge in [0.25, 0.3) is 0 Å². The first-order valence-corrected chi connectivity index (χ1v) is 5.51. The fourth-order valence-electron chi connectivity index (χ4n) is 1.35. The Bertz CT molecular complexity index is 349. The van der Waals surface area contributed by atoms with Crippen LogP contribution in [0.3, 0.4) is 0 Å². The number of carbonyl (C=O) groups is 1. The molecule has 0 bridgehead atoms. The van der Waals surface area contributed by atoms with E-state index in [2.05, 4.69) is 6.92 Å². The number of Topliss-reactive ketones (excluding diaryl/α,β-unsaturated/α-hetero) is 1. The van der Waals surface area contributed by atoms with Crippen LogP contribution in [0.5, 0.6) is 0 Å². The van der Waals surface area contributed by atoms with E-state index in [1.807, 2.05) is 0 Å². The molecule has 1 nitrogen and oxygen atoms in total. The normalized spacial score (nSPS) is 10.3. The molecule has 1 aromatic rings. The molecule has 0 aromatic heterocycles. The summed E-state index contributed by atoms with van der Waals surface area (Å²) >= 11 is 5.53. The number of carbonyl (C=O) groups excluding carboxylic acids is 1. The van der Waals surface area contributed by atoms with Gasteiger partial charge in [-0.3, -0.25) is 4.79 Å². The zero-order valence-corrected chi connectivity index (χ0v) is 9.48. The molecule has 0 unspecified atom stereocenters. The van der Waals surface area contributed by atoms with Gasteiger partial charge >= 0.3 is 0 Å². The van der Waals surface area contributed by atoms with Crippen LogP contribution < -0.4 is 0 Å². The van der Waals surface area contributed by atoms with Crippen molar-refractivity contribution in [2.45, 2.75) is 32.6 Å². The van der Waals surface area contributed by atoms with E-state index in [0.29, 0.717) is 12.0 Å². The van der Waals surface area contributed by atoms with Crippen molar-refractivity contribution < 1.29 is 9.18 Å². The summed E-state index contributed by atoms with van der Waals surface area (Å²) in [6.45, 7) is 2.08. The molecular weight excluding hydrogens is 215 g/mol. The summed E-state index contributed by atoms with van der Waals surface area (Å²) in [5.41, 5.74) is 0.410. The summed E-state index contributed by atoms with van der Waals surface area (Å²) < 4.78 is 13.0. The highest BCUT2D eigenvalue weighted by Crippen LogP contribution is 2.17. The Morgan fingerprint density at radius 2 is 2.13 bits per heavy atom. The molecule has 0 amide bonds. The molecule has 0 saturated carbocycles. The molecule has 0 atom stereocenters. The molecule has 0 fully saturated rings. The Morgan fingerprint density at radius 1 is 1.40 bits per heavy atom. The van der Waals surface area contributed by atoms with Crippen molar-refractivity contribution in [2.75, 3.05) is 0 Å². The molecule has 15 heavy (non-hydrogen) atoms. The van der Waals surface area contributed by atoms with Gasteiger partial charge in [0.05, 0.1) is 5.02 Å². The molecule has 0 spiro atoms. The van der Waals surface area contributed by atoms with Crippen molar-refractivity contribution in [1.82, 2.24) is 0 Å². The summed E-state index contributed by atoms with van der Waals surface area (Å²) in [6.07, 6.45) is 3.44. The van der Waals surface area contributed by atoms with Crippen LogP contribution in [0.15, 0.2) is 18.2 Å². The van der Waals surface area contributed by atoms with Crippen LogP contribution in [0.25, 0.3) is 0 Å². The molecular formula is C12H14ClFO. The fourth-order valence-corrected chi connectivity index (χ4v) is 1.47. The van der Waals surface area contributed by atoms with Crippen LogP contribution in [0.2, 0.25) is 5.02 Å². The molecule has 0 aliphatic heterocycles. The first-order valence-electron chi connectivity index (χ1n) is 5.13. The van der Waals surface area contributed by atoms with E-state index in [-0.39, 0.29) is 10.8 Å². The van der Waals surface area contributed by atoms with Gasteiger partial charge in [0.1, 0.15) is 5.82 Å². The molecule has 0 heterocycles. The maximum atomic E-state index is 13.0. The second-order valence-corrected chi connectivity index (χ2v) is 3.92. The lowest BCUT2D eigenvalue weighted by atomic mass is 10.0. The van der Waals surface area contributed by atoms with E-state index < -0.39 is 5.82 Å². The van der Waals surface area contributed by atoms with E-state index in [4.69, 9.17) is 11.6 Å². The second kappa shape index (κ2) is 5.86. The number of ketones is 1. The van der Waals surface area contributed by atoms with E-state index in [1.165, 1.54) is 12.1 Å². The predicted octanol–water partition coefficient (Wildman–Crippen LogP) is 4.24. The molecule has 0 aliphatic rings. The van der Waals surface area contributed by atoms with Crippen LogP contribution >= 0.6 is 11.6 Å². The van der Waals surface area contributed by atoms with Gasteiger partial charge in [-0.05, 0) is 24.6 Å². The second-order valence-electron chi connectivity index (χ2n) is 3.51. The maximum Gasteiger partial charge on any atom is 0.162 e. The Kier molecular flexibility index (Phi) is 4.76. The molecule has 3 heteroatoms. The highest BCUT2D eigenvalue weighted by atomic mass is 35.5. The van der Waals surface area contributed by atoms with Crippen molar-refractivity contribution in [3.8, 4) is 0 Å². The van der Waals surface area contributed by atoms with E-state index in [9.17, 15) is 9.18 Å². The van der Waals surface area contributed by atoms with Crippen LogP contribution in [-0.4, -0.2) is 5.78 Å². The van der Waals surface area contributed by atoms with Crippen LogP contribution in [0.4, 0.5) is 4.39 Å². The molecule has 0 radical (unpaired) electrons. The molecule has 1 rings (SSSR count). The average Bonchev–Trinajstić information content (AvgIpc) is 2.22. The minimum Gasteiger partial charge on any atom is -0.294 e. The molecule has 82 valence electrons. The smallest absolute Gasteiger partial charge is 0.162 e. The lowest BCUT2D eigenvalue weighted by Crippen LogP contribution is -1.99. The topological polar surface area (TPSA) is 17.1 Å². The minimum atomic E-state index is -0.530. The van der Waals surface area contributed by atoms with Crippen LogP contribution in [0.1, 0.15) is 43.0 Å². The quantitative estimate of drug-likeness (QED) is 0.544. The zero-order chi connectivity index (χ0) is 11.3. The maximum absolute atomic E-state index is 13.0. The third-order valence-corrected chi connectivity index (χ3v) is 2.56. The van der Waals surface area contributed by atoms with Gasteiger partial charge in [0.15, 0.2) is 5.78 Å². The van der Waals surface area contributed by atoms with Crippen molar-refractivity contribution in [1.29, 1.82) is 0 Å². The Balaban J connectivity index is 2.62. The summed E-state index contributed by atoms with van der Waals surface area (Å²) in [5.74, 6) is -0.544. The summed E-state index contributed by atoms with van der Waals surface area (Å²) in [7, 11) is 0. The van der Waals surface area contributed by atoms with Gasteiger partial charge in [-0.15, -0.1) is 0 Å².